The van der Waals surface area contributed by atoms with Crippen molar-refractivity contribution in [2.75, 3.05) is 13.6 Å². The van der Waals surface area contributed by atoms with Crippen LogP contribution in [0, 0.1) is 5.92 Å². The third kappa shape index (κ3) is 3.95. The zero-order chi connectivity index (χ0) is 16.2. The van der Waals surface area contributed by atoms with Crippen molar-refractivity contribution in [3.63, 3.8) is 0 Å². The topological polar surface area (TPSA) is 33.5 Å². The third-order valence-electron chi connectivity index (χ3n) is 5.86. The molecule has 23 heavy (non-hydrogen) atoms. The smallest absolute Gasteiger partial charge is 0.275 e. The Morgan fingerprint density at radius 1 is 1.17 bits per heavy atom. The predicted octanol–water partition coefficient (Wildman–Crippen LogP) is 2.27. The Bertz CT molecular complexity index is 542. The summed E-state index contributed by atoms with van der Waals surface area (Å²) < 4.78 is 0. The lowest BCUT2D eigenvalue weighted by Crippen LogP contribution is -3.10. The molecule has 0 heterocycles. The largest absolute Gasteiger partial charge is 0.348 e. The van der Waals surface area contributed by atoms with Crippen LogP contribution in [-0.2, 0) is 11.2 Å². The molecule has 3 nitrogen and oxygen atoms in total. The highest BCUT2D eigenvalue weighted by molar-refractivity contribution is 5.77. The summed E-state index contributed by atoms with van der Waals surface area (Å²) in [5, 5.41) is 3.30. The molecule has 3 rings (SSSR count). The number of quaternary nitrogens is 1. The van der Waals surface area contributed by atoms with Gasteiger partial charge in [-0.2, -0.15) is 0 Å². The van der Waals surface area contributed by atoms with Crippen molar-refractivity contribution in [1.29, 1.82) is 0 Å². The minimum absolute atomic E-state index is 0.226. The molecule has 2 N–H and O–H groups in total. The van der Waals surface area contributed by atoms with Gasteiger partial charge in [0.2, 0.25) is 0 Å². The Morgan fingerprint density at radius 3 is 2.78 bits per heavy atom. The van der Waals surface area contributed by atoms with Gasteiger partial charge in [0.25, 0.3) is 5.91 Å². The SMILES string of the molecule is C[C@@H]1CCCC[C@@H]1NC(=O)C[NH+](C)[C@@H]1CCCc2ccccc21. The molecule has 4 atom stereocenters. The lowest BCUT2D eigenvalue weighted by molar-refractivity contribution is -0.905. The molecule has 0 aromatic heterocycles. The number of hydrogen-bond acceptors (Lipinski definition) is 1. The molecule has 0 radical (unpaired) electrons. The van der Waals surface area contributed by atoms with Gasteiger partial charge in [0.15, 0.2) is 6.54 Å². The van der Waals surface area contributed by atoms with E-state index in [1.807, 2.05) is 0 Å². The number of carbonyl (C=O) groups is 1. The Kier molecular flexibility index (Phi) is 5.37. The summed E-state index contributed by atoms with van der Waals surface area (Å²) in [6.45, 7) is 2.86. The van der Waals surface area contributed by atoms with Crippen LogP contribution in [0.3, 0.4) is 0 Å². The Hall–Kier alpha value is -1.35. The zero-order valence-electron chi connectivity index (χ0n) is 14.6. The average molecular weight is 315 g/mol. The lowest BCUT2D eigenvalue weighted by Gasteiger charge is -2.32. The van der Waals surface area contributed by atoms with Crippen molar-refractivity contribution < 1.29 is 9.69 Å². The Morgan fingerprint density at radius 2 is 1.96 bits per heavy atom. The molecule has 0 aliphatic heterocycles. The van der Waals surface area contributed by atoms with E-state index in [1.165, 1.54) is 54.6 Å². The molecule has 0 saturated heterocycles. The van der Waals surface area contributed by atoms with E-state index in [-0.39, 0.29) is 5.91 Å². The highest BCUT2D eigenvalue weighted by Crippen LogP contribution is 2.27. The maximum Gasteiger partial charge on any atom is 0.275 e. The predicted molar refractivity (Wildman–Crippen MR) is 93.4 cm³/mol. The molecule has 0 spiro atoms. The zero-order valence-corrected chi connectivity index (χ0v) is 14.6. The maximum atomic E-state index is 12.5. The van der Waals surface area contributed by atoms with Gasteiger partial charge in [0.1, 0.15) is 6.04 Å². The van der Waals surface area contributed by atoms with Gasteiger partial charge in [-0.25, -0.2) is 0 Å². The van der Waals surface area contributed by atoms with Gasteiger partial charge in [-0.1, -0.05) is 44.0 Å². The van der Waals surface area contributed by atoms with Crippen molar-refractivity contribution in [1.82, 2.24) is 5.32 Å². The second-order valence-electron chi connectivity index (χ2n) is 7.60. The van der Waals surface area contributed by atoms with Gasteiger partial charge in [-0.05, 0) is 37.2 Å². The van der Waals surface area contributed by atoms with Crippen LogP contribution in [0.4, 0.5) is 0 Å². The van der Waals surface area contributed by atoms with Crippen LogP contribution in [0.25, 0.3) is 0 Å². The number of carbonyl (C=O) groups excluding carboxylic acids is 1. The molecule has 1 aromatic rings. The molecule has 3 heteroatoms. The first-order valence-electron chi connectivity index (χ1n) is 9.34. The van der Waals surface area contributed by atoms with Crippen LogP contribution >= 0.6 is 0 Å². The number of hydrogen-bond donors (Lipinski definition) is 2. The molecule has 2 aliphatic carbocycles. The molecular weight excluding hydrogens is 284 g/mol. The van der Waals surface area contributed by atoms with Crippen molar-refractivity contribution >= 4 is 5.91 Å². The standard InChI is InChI=1S/C20H30N2O/c1-15-8-3-6-12-18(15)21-20(23)14-22(2)19-13-7-10-16-9-4-5-11-17(16)19/h4-5,9,11,15,18-19H,3,6-8,10,12-14H2,1-2H3,(H,21,23)/p+1/t15-,18+,19-/m1/s1. The number of nitrogens with one attached hydrogen (secondary N) is 2. The van der Waals surface area contributed by atoms with Crippen LogP contribution < -0.4 is 10.2 Å². The number of rotatable bonds is 4. The van der Waals surface area contributed by atoms with Crippen molar-refractivity contribution in [2.24, 2.45) is 5.92 Å². The van der Waals surface area contributed by atoms with Gasteiger partial charge in [0, 0.05) is 18.0 Å². The van der Waals surface area contributed by atoms with Crippen LogP contribution in [-0.4, -0.2) is 25.5 Å². The van der Waals surface area contributed by atoms with Crippen molar-refractivity contribution in [2.45, 2.75) is 64.0 Å². The fourth-order valence-electron chi connectivity index (χ4n) is 4.43. The first-order valence-corrected chi connectivity index (χ1v) is 9.34. The molecular formula is C20H31N2O+. The van der Waals surface area contributed by atoms with E-state index in [0.717, 1.165) is 6.42 Å². The Balaban J connectivity index is 1.59. The second kappa shape index (κ2) is 7.48. The van der Waals surface area contributed by atoms with E-state index in [1.54, 1.807) is 0 Å². The number of aryl methyl sites for hydroxylation is 1. The maximum absolute atomic E-state index is 12.5. The number of fused-ring (bicyclic) bond motifs is 1. The van der Waals surface area contributed by atoms with Crippen LogP contribution in [0.15, 0.2) is 24.3 Å². The quantitative estimate of drug-likeness (QED) is 0.878. The summed E-state index contributed by atoms with van der Waals surface area (Å²) in [6.07, 6.45) is 8.59. The van der Waals surface area contributed by atoms with E-state index in [9.17, 15) is 4.79 Å². The summed E-state index contributed by atoms with van der Waals surface area (Å²) in [5.41, 5.74) is 2.93. The van der Waals surface area contributed by atoms with E-state index in [4.69, 9.17) is 0 Å². The third-order valence-corrected chi connectivity index (χ3v) is 5.86. The van der Waals surface area contributed by atoms with Gasteiger partial charge in [0.05, 0.1) is 7.05 Å². The molecule has 1 fully saturated rings. The van der Waals surface area contributed by atoms with Gasteiger partial charge >= 0.3 is 0 Å². The first kappa shape index (κ1) is 16.5. The highest BCUT2D eigenvalue weighted by Gasteiger charge is 2.29. The van der Waals surface area contributed by atoms with Gasteiger partial charge in [-0.15, -0.1) is 0 Å². The molecule has 1 amide bonds. The van der Waals surface area contributed by atoms with Crippen molar-refractivity contribution in [3.8, 4) is 0 Å². The highest BCUT2D eigenvalue weighted by atomic mass is 16.2. The van der Waals surface area contributed by atoms with E-state index in [0.29, 0.717) is 24.5 Å². The average Bonchev–Trinajstić information content (AvgIpc) is 2.56. The number of amides is 1. The minimum Gasteiger partial charge on any atom is -0.348 e. The van der Waals surface area contributed by atoms with Crippen LogP contribution in [0.1, 0.15) is 62.6 Å². The van der Waals surface area contributed by atoms with Gasteiger partial charge in [-0.3, -0.25) is 4.79 Å². The number of likely N-dealkylation sites (N-methyl/N-ethyl adjacent to an activating group) is 1. The summed E-state index contributed by atoms with van der Waals surface area (Å²) in [7, 11) is 2.18. The normalized spacial score (nSPS) is 28.7. The fourth-order valence-corrected chi connectivity index (χ4v) is 4.43. The molecule has 126 valence electrons. The van der Waals surface area contributed by atoms with E-state index >= 15 is 0 Å². The summed E-state index contributed by atoms with van der Waals surface area (Å²) in [4.78, 5) is 13.8. The Labute approximate surface area is 140 Å². The lowest BCUT2D eigenvalue weighted by atomic mass is 9.86. The van der Waals surface area contributed by atoms with E-state index in [2.05, 4.69) is 43.6 Å². The molecule has 1 saturated carbocycles. The molecule has 1 unspecified atom stereocenters. The van der Waals surface area contributed by atoms with Crippen LogP contribution in [0.2, 0.25) is 0 Å². The summed E-state index contributed by atoms with van der Waals surface area (Å²) in [6, 6.07) is 9.63. The summed E-state index contributed by atoms with van der Waals surface area (Å²) in [5.74, 6) is 0.854. The molecule has 1 aromatic carbocycles. The van der Waals surface area contributed by atoms with Gasteiger partial charge < -0.3 is 10.2 Å². The van der Waals surface area contributed by atoms with Crippen molar-refractivity contribution in [3.05, 3.63) is 35.4 Å². The number of benzene rings is 1. The molecule has 0 bridgehead atoms. The first-order chi connectivity index (χ1) is 11.1. The minimum atomic E-state index is 0.226. The second-order valence-corrected chi connectivity index (χ2v) is 7.60. The fraction of sp³-hybridized carbons (Fsp3) is 0.650. The molecule has 2 aliphatic rings. The summed E-state index contributed by atoms with van der Waals surface area (Å²) >= 11 is 0. The van der Waals surface area contributed by atoms with E-state index < -0.39 is 0 Å². The monoisotopic (exact) mass is 315 g/mol. The van der Waals surface area contributed by atoms with Crippen LogP contribution in [0.5, 0.6) is 0 Å².